The Morgan fingerprint density at radius 2 is 1.83 bits per heavy atom. The Morgan fingerprint density at radius 1 is 1.28 bits per heavy atom. The molecular formula is C13H20N2O2S. The third-order valence-corrected chi connectivity index (χ3v) is 3.52. The fourth-order valence-electron chi connectivity index (χ4n) is 1.58. The summed E-state index contributed by atoms with van der Waals surface area (Å²) in [6.07, 6.45) is 0.242. The molecule has 18 heavy (non-hydrogen) atoms. The summed E-state index contributed by atoms with van der Waals surface area (Å²) in [6, 6.07) is 6.63. The molecule has 0 saturated heterocycles. The van der Waals surface area contributed by atoms with Gasteiger partial charge in [-0.1, -0.05) is 26.0 Å². The molecule has 0 aliphatic heterocycles. The molecule has 1 aromatic rings. The number of carboxylic acid groups (broad SMARTS) is 1. The van der Waals surface area contributed by atoms with E-state index >= 15 is 0 Å². The van der Waals surface area contributed by atoms with E-state index in [9.17, 15) is 4.79 Å². The molecule has 2 atom stereocenters. The Labute approximate surface area is 112 Å². The van der Waals surface area contributed by atoms with Gasteiger partial charge < -0.3 is 16.6 Å². The lowest BCUT2D eigenvalue weighted by Crippen LogP contribution is -2.33. The van der Waals surface area contributed by atoms with E-state index in [4.69, 9.17) is 16.6 Å². The lowest BCUT2D eigenvalue weighted by atomic mass is 10.0. The van der Waals surface area contributed by atoms with Crippen LogP contribution in [0, 0.1) is 0 Å². The monoisotopic (exact) mass is 268 g/mol. The minimum atomic E-state index is -1.02. The van der Waals surface area contributed by atoms with Crippen molar-refractivity contribution in [1.29, 1.82) is 0 Å². The molecule has 0 aliphatic carbocycles. The molecule has 0 bridgehead atoms. The van der Waals surface area contributed by atoms with Gasteiger partial charge in [-0.3, -0.25) is 4.79 Å². The van der Waals surface area contributed by atoms with Crippen LogP contribution in [0.2, 0.25) is 0 Å². The van der Waals surface area contributed by atoms with Crippen molar-refractivity contribution in [3.8, 4) is 0 Å². The third kappa shape index (κ3) is 4.68. The second-order valence-electron chi connectivity index (χ2n) is 4.52. The van der Waals surface area contributed by atoms with Gasteiger partial charge in [-0.2, -0.15) is 0 Å². The molecule has 5 N–H and O–H groups in total. The van der Waals surface area contributed by atoms with Gasteiger partial charge in [0.2, 0.25) is 0 Å². The average Bonchev–Trinajstić information content (AvgIpc) is 2.28. The second kappa shape index (κ2) is 6.78. The molecule has 0 amide bonds. The minimum Gasteiger partial charge on any atom is -0.480 e. The molecule has 0 saturated carbocycles. The Kier molecular flexibility index (Phi) is 5.65. The van der Waals surface area contributed by atoms with E-state index in [1.54, 1.807) is 11.8 Å². The number of benzene rings is 1. The number of rotatable bonds is 6. The van der Waals surface area contributed by atoms with Crippen LogP contribution in [0.4, 0.5) is 0 Å². The Bertz CT molecular complexity index is 392. The maximum absolute atomic E-state index is 10.7. The van der Waals surface area contributed by atoms with Crippen LogP contribution in [0.15, 0.2) is 29.2 Å². The first kappa shape index (κ1) is 15.0. The zero-order chi connectivity index (χ0) is 13.7. The molecule has 0 heterocycles. The van der Waals surface area contributed by atoms with Crippen molar-refractivity contribution in [1.82, 2.24) is 0 Å². The Morgan fingerprint density at radius 3 is 2.28 bits per heavy atom. The summed E-state index contributed by atoms with van der Waals surface area (Å²) >= 11 is 1.78. The lowest BCUT2D eigenvalue weighted by Gasteiger charge is -2.15. The van der Waals surface area contributed by atoms with E-state index < -0.39 is 12.0 Å². The molecule has 100 valence electrons. The number of carboxylic acids is 1. The SMILES string of the molecule is CC(C)Sc1ccc(C(N)CC(N)C(=O)O)cc1. The lowest BCUT2D eigenvalue weighted by molar-refractivity contribution is -0.138. The summed E-state index contributed by atoms with van der Waals surface area (Å²) in [5.74, 6) is -1.02. The quantitative estimate of drug-likeness (QED) is 0.686. The topological polar surface area (TPSA) is 89.3 Å². The van der Waals surface area contributed by atoms with Crippen molar-refractivity contribution in [2.75, 3.05) is 0 Å². The molecule has 0 aliphatic rings. The van der Waals surface area contributed by atoms with Crippen LogP contribution in [0.25, 0.3) is 0 Å². The van der Waals surface area contributed by atoms with Crippen LogP contribution in [0.1, 0.15) is 31.9 Å². The van der Waals surface area contributed by atoms with Crippen LogP contribution < -0.4 is 11.5 Å². The first-order valence-electron chi connectivity index (χ1n) is 5.90. The number of thioether (sulfide) groups is 1. The minimum absolute atomic E-state index is 0.242. The molecule has 1 rings (SSSR count). The van der Waals surface area contributed by atoms with Crippen LogP contribution in [-0.4, -0.2) is 22.4 Å². The summed E-state index contributed by atoms with van der Waals surface area (Å²) in [5, 5.41) is 9.27. The molecule has 2 unspecified atom stereocenters. The third-order valence-electron chi connectivity index (χ3n) is 2.51. The smallest absolute Gasteiger partial charge is 0.320 e. The summed E-state index contributed by atoms with van der Waals surface area (Å²) in [4.78, 5) is 11.8. The Balaban J connectivity index is 2.64. The van der Waals surface area contributed by atoms with Crippen molar-refractivity contribution in [2.45, 2.75) is 42.5 Å². The molecule has 0 spiro atoms. The van der Waals surface area contributed by atoms with Gasteiger partial charge in [0.05, 0.1) is 0 Å². The fraction of sp³-hybridized carbons (Fsp3) is 0.462. The number of nitrogens with two attached hydrogens (primary N) is 2. The summed E-state index contributed by atoms with van der Waals surface area (Å²) in [7, 11) is 0. The molecule has 4 nitrogen and oxygen atoms in total. The summed E-state index contributed by atoms with van der Waals surface area (Å²) in [5.41, 5.74) is 12.3. The fourth-order valence-corrected chi connectivity index (χ4v) is 2.41. The largest absolute Gasteiger partial charge is 0.480 e. The number of hydrogen-bond donors (Lipinski definition) is 3. The van der Waals surface area contributed by atoms with Crippen LogP contribution in [0.5, 0.6) is 0 Å². The first-order chi connectivity index (χ1) is 8.40. The van der Waals surface area contributed by atoms with Crippen LogP contribution in [0.3, 0.4) is 0 Å². The standard InChI is InChI=1S/C13H20N2O2S/c1-8(2)18-10-5-3-9(4-6-10)11(14)7-12(15)13(16)17/h3-6,8,11-12H,7,14-15H2,1-2H3,(H,16,17). The Hall–Kier alpha value is -1.04. The van der Waals surface area contributed by atoms with Crippen LogP contribution >= 0.6 is 11.8 Å². The first-order valence-corrected chi connectivity index (χ1v) is 6.78. The van der Waals surface area contributed by atoms with Gasteiger partial charge in [-0.25, -0.2) is 0 Å². The van der Waals surface area contributed by atoms with Crippen molar-refractivity contribution in [3.05, 3.63) is 29.8 Å². The highest BCUT2D eigenvalue weighted by Crippen LogP contribution is 2.25. The van der Waals surface area contributed by atoms with Crippen molar-refractivity contribution in [3.63, 3.8) is 0 Å². The van der Waals surface area contributed by atoms with E-state index in [1.165, 1.54) is 4.90 Å². The van der Waals surface area contributed by atoms with Crippen molar-refractivity contribution < 1.29 is 9.90 Å². The van der Waals surface area contributed by atoms with Crippen molar-refractivity contribution >= 4 is 17.7 Å². The van der Waals surface area contributed by atoms with Gasteiger partial charge in [0.1, 0.15) is 6.04 Å². The van der Waals surface area contributed by atoms with Gasteiger partial charge in [0.15, 0.2) is 0 Å². The average molecular weight is 268 g/mol. The van der Waals surface area contributed by atoms with Gasteiger partial charge in [0, 0.05) is 16.2 Å². The zero-order valence-corrected chi connectivity index (χ0v) is 11.5. The van der Waals surface area contributed by atoms with Gasteiger partial charge in [-0.05, 0) is 24.1 Å². The number of carbonyl (C=O) groups is 1. The van der Waals surface area contributed by atoms with E-state index in [0.29, 0.717) is 5.25 Å². The highest BCUT2D eigenvalue weighted by Gasteiger charge is 2.17. The predicted molar refractivity (Wildman–Crippen MR) is 74.6 cm³/mol. The molecule has 1 aromatic carbocycles. The van der Waals surface area contributed by atoms with Gasteiger partial charge in [0.25, 0.3) is 0 Å². The molecule has 5 heteroatoms. The van der Waals surface area contributed by atoms with E-state index in [-0.39, 0.29) is 12.5 Å². The number of hydrogen-bond acceptors (Lipinski definition) is 4. The summed E-state index contributed by atoms with van der Waals surface area (Å²) in [6.45, 7) is 4.27. The zero-order valence-electron chi connectivity index (χ0n) is 10.7. The van der Waals surface area contributed by atoms with E-state index in [2.05, 4.69) is 13.8 Å². The number of aliphatic carboxylic acids is 1. The van der Waals surface area contributed by atoms with Crippen molar-refractivity contribution in [2.24, 2.45) is 11.5 Å². The highest BCUT2D eigenvalue weighted by atomic mass is 32.2. The van der Waals surface area contributed by atoms with Gasteiger partial charge >= 0.3 is 5.97 Å². The molecule has 0 aromatic heterocycles. The predicted octanol–water partition coefficient (Wildman–Crippen LogP) is 1.99. The van der Waals surface area contributed by atoms with Gasteiger partial charge in [-0.15, -0.1) is 11.8 Å². The van der Waals surface area contributed by atoms with E-state index in [0.717, 1.165) is 5.56 Å². The molecule has 0 fully saturated rings. The highest BCUT2D eigenvalue weighted by molar-refractivity contribution is 7.99. The molecule has 0 radical (unpaired) electrons. The normalized spacial score (nSPS) is 14.5. The summed E-state index contributed by atoms with van der Waals surface area (Å²) < 4.78 is 0. The maximum atomic E-state index is 10.7. The van der Waals surface area contributed by atoms with Crippen LogP contribution in [-0.2, 0) is 4.79 Å². The second-order valence-corrected chi connectivity index (χ2v) is 6.17. The maximum Gasteiger partial charge on any atom is 0.320 e. The van der Waals surface area contributed by atoms with E-state index in [1.807, 2.05) is 24.3 Å². The molecular weight excluding hydrogens is 248 g/mol.